The first-order valence-electron chi connectivity index (χ1n) is 7.64. The van der Waals surface area contributed by atoms with Crippen LogP contribution in [0.25, 0.3) is 11.6 Å². The highest BCUT2D eigenvalue weighted by Gasteiger charge is 2.37. The van der Waals surface area contributed by atoms with Gasteiger partial charge in [-0.05, 0) is 24.0 Å². The van der Waals surface area contributed by atoms with Crippen LogP contribution in [0.4, 0.5) is 0 Å². The third-order valence-electron chi connectivity index (χ3n) is 4.50. The number of nitrogens with one attached hydrogen (secondary N) is 1. The fourth-order valence-electron chi connectivity index (χ4n) is 3.29. The Hall–Kier alpha value is -1.86. The predicted octanol–water partition coefficient (Wildman–Crippen LogP) is 1.36. The molecule has 8 heteroatoms. The zero-order valence-corrected chi connectivity index (χ0v) is 13.4. The van der Waals surface area contributed by atoms with Crippen LogP contribution in [0.2, 0.25) is 0 Å². The van der Waals surface area contributed by atoms with Crippen molar-refractivity contribution in [3.8, 4) is 11.6 Å². The molecule has 0 radical (unpaired) electrons. The predicted molar refractivity (Wildman–Crippen MR) is 84.0 cm³/mol. The van der Waals surface area contributed by atoms with Crippen LogP contribution in [0.3, 0.4) is 0 Å². The Bertz CT molecular complexity index is 645. The van der Waals surface area contributed by atoms with E-state index in [0.717, 1.165) is 26.2 Å². The third-order valence-corrected chi connectivity index (χ3v) is 4.50. The van der Waals surface area contributed by atoms with Crippen molar-refractivity contribution >= 4 is 18.3 Å². The molecule has 0 aromatic carbocycles. The van der Waals surface area contributed by atoms with Crippen molar-refractivity contribution in [1.82, 2.24) is 20.4 Å². The van der Waals surface area contributed by atoms with Gasteiger partial charge >= 0.3 is 0 Å². The van der Waals surface area contributed by atoms with E-state index in [1.165, 1.54) is 0 Å². The molecule has 0 bridgehead atoms. The molecule has 0 unspecified atom stereocenters. The quantitative estimate of drug-likeness (QED) is 0.906. The summed E-state index contributed by atoms with van der Waals surface area (Å²) in [7, 11) is 0. The van der Waals surface area contributed by atoms with Crippen LogP contribution in [0.15, 0.2) is 27.3 Å². The molecule has 2 atom stereocenters. The molecular weight excluding hydrogens is 320 g/mol. The summed E-state index contributed by atoms with van der Waals surface area (Å²) in [4.78, 5) is 18.5. The summed E-state index contributed by atoms with van der Waals surface area (Å²) in [6.07, 6.45) is 2.44. The molecule has 1 N–H and O–H groups in total. The van der Waals surface area contributed by atoms with E-state index in [2.05, 4.69) is 15.5 Å². The van der Waals surface area contributed by atoms with Crippen molar-refractivity contribution in [3.63, 3.8) is 0 Å². The summed E-state index contributed by atoms with van der Waals surface area (Å²) in [5, 5.41) is 7.25. The summed E-state index contributed by atoms with van der Waals surface area (Å²) in [5.41, 5.74) is 0. The molecule has 4 heterocycles. The minimum absolute atomic E-state index is 0. The van der Waals surface area contributed by atoms with E-state index >= 15 is 0 Å². The van der Waals surface area contributed by atoms with E-state index in [4.69, 9.17) is 8.94 Å². The molecule has 124 valence electrons. The fourth-order valence-corrected chi connectivity index (χ4v) is 3.29. The van der Waals surface area contributed by atoms with Crippen LogP contribution in [-0.2, 0) is 11.2 Å². The van der Waals surface area contributed by atoms with E-state index in [1.54, 1.807) is 18.4 Å². The Morgan fingerprint density at radius 2 is 2.13 bits per heavy atom. The summed E-state index contributed by atoms with van der Waals surface area (Å²) in [6.45, 7) is 3.81. The lowest BCUT2D eigenvalue weighted by molar-refractivity contribution is -0.130. The van der Waals surface area contributed by atoms with E-state index < -0.39 is 0 Å². The monoisotopic (exact) mass is 338 g/mol. The number of rotatable bonds is 4. The molecular formula is C15H19ClN4O3. The molecule has 0 spiro atoms. The van der Waals surface area contributed by atoms with Crippen LogP contribution in [0, 0.1) is 11.8 Å². The topological polar surface area (TPSA) is 84.4 Å². The van der Waals surface area contributed by atoms with Gasteiger partial charge in [-0.3, -0.25) is 4.79 Å². The highest BCUT2D eigenvalue weighted by molar-refractivity contribution is 5.85. The van der Waals surface area contributed by atoms with E-state index in [-0.39, 0.29) is 18.3 Å². The average molecular weight is 339 g/mol. The summed E-state index contributed by atoms with van der Waals surface area (Å²) >= 11 is 0. The molecule has 2 aliphatic rings. The van der Waals surface area contributed by atoms with E-state index in [1.807, 2.05) is 4.90 Å². The van der Waals surface area contributed by atoms with Gasteiger partial charge in [-0.1, -0.05) is 5.16 Å². The van der Waals surface area contributed by atoms with Gasteiger partial charge in [0.1, 0.15) is 0 Å². The zero-order valence-electron chi connectivity index (χ0n) is 12.6. The van der Waals surface area contributed by atoms with Crippen molar-refractivity contribution < 1.29 is 13.7 Å². The SMILES string of the molecule is Cl.O=C(CCc1nc(-c2ccco2)no1)N1C[C@H]2CNC[C@H]2C1. The van der Waals surface area contributed by atoms with Crippen molar-refractivity contribution in [2.45, 2.75) is 12.8 Å². The lowest BCUT2D eigenvalue weighted by atomic mass is 10.0. The Morgan fingerprint density at radius 1 is 1.35 bits per heavy atom. The Balaban J connectivity index is 0.00000156. The Labute approximate surface area is 139 Å². The van der Waals surface area contributed by atoms with Crippen LogP contribution in [-0.4, -0.2) is 47.1 Å². The van der Waals surface area contributed by atoms with Gasteiger partial charge in [0.05, 0.1) is 6.26 Å². The number of furan rings is 1. The van der Waals surface area contributed by atoms with Gasteiger partial charge < -0.3 is 19.2 Å². The molecule has 23 heavy (non-hydrogen) atoms. The van der Waals surface area contributed by atoms with Gasteiger partial charge in [-0.2, -0.15) is 4.98 Å². The minimum atomic E-state index is 0. The Morgan fingerprint density at radius 3 is 2.83 bits per heavy atom. The molecule has 2 saturated heterocycles. The van der Waals surface area contributed by atoms with Crippen molar-refractivity contribution in [1.29, 1.82) is 0 Å². The van der Waals surface area contributed by atoms with Crippen LogP contribution in [0.1, 0.15) is 12.3 Å². The molecule has 2 fully saturated rings. The number of hydrogen-bond acceptors (Lipinski definition) is 6. The van der Waals surface area contributed by atoms with Crippen LogP contribution in [0.5, 0.6) is 0 Å². The second-order valence-corrected chi connectivity index (χ2v) is 5.97. The largest absolute Gasteiger partial charge is 0.461 e. The van der Waals surface area contributed by atoms with Gasteiger partial charge in [-0.25, -0.2) is 0 Å². The second kappa shape index (κ2) is 6.72. The molecule has 2 aliphatic heterocycles. The van der Waals surface area contributed by atoms with Gasteiger partial charge in [0.25, 0.3) is 0 Å². The number of aromatic nitrogens is 2. The first kappa shape index (κ1) is 16.0. The highest BCUT2D eigenvalue weighted by Crippen LogP contribution is 2.26. The fraction of sp³-hybridized carbons (Fsp3) is 0.533. The molecule has 0 aliphatic carbocycles. The maximum absolute atomic E-state index is 12.3. The van der Waals surface area contributed by atoms with Gasteiger partial charge in [0, 0.05) is 39.0 Å². The van der Waals surface area contributed by atoms with Crippen LogP contribution >= 0.6 is 12.4 Å². The number of carbonyl (C=O) groups excluding carboxylic acids is 1. The molecule has 7 nitrogen and oxygen atoms in total. The third kappa shape index (κ3) is 3.25. The summed E-state index contributed by atoms with van der Waals surface area (Å²) < 4.78 is 10.4. The van der Waals surface area contributed by atoms with Gasteiger partial charge in [0.2, 0.25) is 17.6 Å². The van der Waals surface area contributed by atoms with Gasteiger partial charge in [-0.15, -0.1) is 12.4 Å². The second-order valence-electron chi connectivity index (χ2n) is 5.97. The maximum Gasteiger partial charge on any atom is 0.238 e. The standard InChI is InChI=1S/C15H18N4O3.ClH/c20-14(19-8-10-6-16-7-11(10)9-19)4-3-13-17-15(18-22-13)12-2-1-5-21-12;/h1-2,5,10-11,16H,3-4,6-9H2;1H/t10-,11+;. The van der Waals surface area contributed by atoms with Gasteiger partial charge in [0.15, 0.2) is 5.76 Å². The van der Waals surface area contributed by atoms with Crippen molar-refractivity contribution in [2.75, 3.05) is 26.2 Å². The number of halogens is 1. The molecule has 4 rings (SSSR count). The average Bonchev–Trinajstić information content (AvgIpc) is 3.26. The number of carbonyl (C=O) groups is 1. The highest BCUT2D eigenvalue weighted by atomic mass is 35.5. The normalized spacial score (nSPS) is 22.9. The Kier molecular flexibility index (Phi) is 4.68. The zero-order chi connectivity index (χ0) is 14.9. The first-order valence-corrected chi connectivity index (χ1v) is 7.64. The smallest absolute Gasteiger partial charge is 0.238 e. The van der Waals surface area contributed by atoms with Crippen molar-refractivity contribution in [3.05, 3.63) is 24.3 Å². The molecule has 2 aromatic rings. The minimum Gasteiger partial charge on any atom is -0.461 e. The lowest BCUT2D eigenvalue weighted by Crippen LogP contribution is -2.32. The number of likely N-dealkylation sites (tertiary alicyclic amines) is 1. The van der Waals surface area contributed by atoms with Crippen molar-refractivity contribution in [2.24, 2.45) is 11.8 Å². The summed E-state index contributed by atoms with van der Waals surface area (Å²) in [5.74, 6) is 2.89. The lowest BCUT2D eigenvalue weighted by Gasteiger charge is -2.16. The van der Waals surface area contributed by atoms with Crippen LogP contribution < -0.4 is 5.32 Å². The summed E-state index contributed by atoms with van der Waals surface area (Å²) in [6, 6.07) is 3.55. The number of nitrogens with zero attached hydrogens (tertiary/aromatic N) is 3. The van der Waals surface area contributed by atoms with E-state index in [9.17, 15) is 4.79 Å². The molecule has 1 amide bonds. The number of fused-ring (bicyclic) bond motifs is 1. The first-order chi connectivity index (χ1) is 10.8. The van der Waals surface area contributed by atoms with E-state index in [0.29, 0.717) is 42.2 Å². The molecule has 2 aromatic heterocycles. The number of amides is 1. The molecule has 0 saturated carbocycles. The number of aryl methyl sites for hydroxylation is 1. The maximum atomic E-state index is 12.3. The number of hydrogen-bond donors (Lipinski definition) is 1.